The monoisotopic (exact) mass is 461 g/mol. The third-order valence-corrected chi connectivity index (χ3v) is 6.39. The van der Waals surface area contributed by atoms with Gasteiger partial charge in [0.1, 0.15) is 0 Å². The number of rotatable bonds is 6. The molecule has 2 aliphatic rings. The van der Waals surface area contributed by atoms with Crippen molar-refractivity contribution in [3.63, 3.8) is 0 Å². The number of hydrogen-bond donors (Lipinski definition) is 3. The largest absolute Gasteiger partial charge is 0.376 e. The fourth-order valence-corrected chi connectivity index (χ4v) is 4.39. The van der Waals surface area contributed by atoms with Gasteiger partial charge in [0.15, 0.2) is 0 Å². The van der Waals surface area contributed by atoms with Crippen molar-refractivity contribution in [2.24, 2.45) is 5.92 Å². The number of nitrogens with one attached hydrogen (secondary N) is 3. The van der Waals surface area contributed by atoms with Gasteiger partial charge in [0.05, 0.1) is 23.3 Å². The van der Waals surface area contributed by atoms with Gasteiger partial charge in [0, 0.05) is 43.3 Å². The number of urea groups is 1. The molecule has 0 radical (unpaired) electrons. The molecule has 2 heterocycles. The van der Waals surface area contributed by atoms with Crippen LogP contribution in [0.3, 0.4) is 0 Å². The second kappa shape index (κ2) is 11.0. The molecule has 34 heavy (non-hydrogen) atoms. The van der Waals surface area contributed by atoms with Crippen LogP contribution in [0.15, 0.2) is 42.5 Å². The number of hydrogen-bond acceptors (Lipinski definition) is 5. The molecule has 2 saturated heterocycles. The van der Waals surface area contributed by atoms with Crippen molar-refractivity contribution in [1.29, 1.82) is 5.26 Å². The molecule has 8 heteroatoms. The molecule has 178 valence electrons. The van der Waals surface area contributed by atoms with E-state index < -0.39 is 6.03 Å². The molecule has 1 unspecified atom stereocenters. The summed E-state index contributed by atoms with van der Waals surface area (Å²) >= 11 is 0. The quantitative estimate of drug-likeness (QED) is 0.593. The van der Waals surface area contributed by atoms with Crippen molar-refractivity contribution in [3.8, 4) is 6.07 Å². The summed E-state index contributed by atoms with van der Waals surface area (Å²) in [6.07, 6.45) is 4.19. The maximum absolute atomic E-state index is 13.2. The molecule has 0 aliphatic carbocycles. The number of benzene rings is 2. The van der Waals surface area contributed by atoms with Crippen LogP contribution in [0.4, 0.5) is 21.9 Å². The predicted octanol–water partition coefficient (Wildman–Crippen LogP) is 4.35. The van der Waals surface area contributed by atoms with Crippen molar-refractivity contribution >= 4 is 29.0 Å². The highest BCUT2D eigenvalue weighted by atomic mass is 16.5. The van der Waals surface area contributed by atoms with Crippen LogP contribution < -0.4 is 20.9 Å². The van der Waals surface area contributed by atoms with E-state index in [1.165, 1.54) is 0 Å². The summed E-state index contributed by atoms with van der Waals surface area (Å²) in [5.74, 6) is 0.507. The van der Waals surface area contributed by atoms with Crippen LogP contribution in [0.5, 0.6) is 0 Å². The van der Waals surface area contributed by atoms with Gasteiger partial charge >= 0.3 is 6.03 Å². The van der Waals surface area contributed by atoms with E-state index in [1.54, 1.807) is 30.3 Å². The van der Waals surface area contributed by atoms with E-state index in [2.05, 4.69) is 33.8 Å². The molecule has 0 bridgehead atoms. The van der Waals surface area contributed by atoms with Crippen LogP contribution in [0.25, 0.3) is 0 Å². The normalized spacial score (nSPS) is 18.2. The van der Waals surface area contributed by atoms with E-state index in [-0.39, 0.29) is 12.0 Å². The Bertz CT molecular complexity index is 1070. The van der Waals surface area contributed by atoms with Gasteiger partial charge in [-0.1, -0.05) is 13.0 Å². The highest BCUT2D eigenvalue weighted by Gasteiger charge is 2.23. The van der Waals surface area contributed by atoms with E-state index in [1.807, 2.05) is 12.1 Å². The van der Waals surface area contributed by atoms with E-state index in [0.29, 0.717) is 35.0 Å². The van der Waals surface area contributed by atoms with Crippen LogP contribution in [0, 0.1) is 17.2 Å². The lowest BCUT2D eigenvalue weighted by molar-refractivity contribution is 0.0858. The van der Waals surface area contributed by atoms with Crippen molar-refractivity contribution in [3.05, 3.63) is 53.6 Å². The minimum Gasteiger partial charge on any atom is -0.376 e. The molecule has 0 spiro atoms. The number of carbonyl (C=O) groups is 2. The van der Waals surface area contributed by atoms with Crippen LogP contribution in [-0.2, 0) is 4.74 Å². The molecule has 2 fully saturated rings. The fourth-order valence-electron chi connectivity index (χ4n) is 4.39. The Hall–Kier alpha value is -3.57. The Morgan fingerprint density at radius 3 is 2.56 bits per heavy atom. The predicted molar refractivity (Wildman–Crippen MR) is 132 cm³/mol. The van der Waals surface area contributed by atoms with E-state index in [4.69, 9.17) is 10.00 Å². The Kier molecular flexibility index (Phi) is 7.65. The van der Waals surface area contributed by atoms with Crippen LogP contribution in [0.1, 0.15) is 48.5 Å². The van der Waals surface area contributed by atoms with E-state index in [0.717, 1.165) is 51.1 Å². The molecular weight excluding hydrogens is 430 g/mol. The number of anilines is 3. The number of nitrogens with zero attached hydrogens (tertiary/aromatic N) is 2. The number of amides is 3. The Balaban J connectivity index is 1.49. The Labute approximate surface area is 200 Å². The van der Waals surface area contributed by atoms with E-state index >= 15 is 0 Å². The number of ether oxygens (including phenoxy) is 1. The lowest BCUT2D eigenvalue weighted by Gasteiger charge is -2.33. The highest BCUT2D eigenvalue weighted by Crippen LogP contribution is 2.29. The minimum absolute atomic E-state index is 0.0551. The molecule has 1 atom stereocenters. The lowest BCUT2D eigenvalue weighted by atomic mass is 9.97. The standard InChI is InChI=1S/C26H31N5O3/c1-18-9-11-31(12-10-18)24-8-7-21(15-23(24)25(32)28-17-22-6-3-13-34-22)30-26(33)29-20-5-2-4-19(14-20)16-27/h2,4-5,7-8,14-15,18,22H,3,6,9-13,17H2,1H3,(H,28,32)(H2,29,30,33). The summed E-state index contributed by atoms with van der Waals surface area (Å²) in [6.45, 7) is 5.27. The molecule has 0 saturated carbocycles. The molecule has 2 aliphatic heterocycles. The van der Waals surface area contributed by atoms with Gasteiger partial charge < -0.3 is 25.6 Å². The average Bonchev–Trinajstić information content (AvgIpc) is 3.37. The van der Waals surface area contributed by atoms with Crippen molar-refractivity contribution in [2.45, 2.75) is 38.7 Å². The smallest absolute Gasteiger partial charge is 0.323 e. The second-order valence-electron chi connectivity index (χ2n) is 9.02. The number of nitriles is 1. The third kappa shape index (κ3) is 6.06. The van der Waals surface area contributed by atoms with Gasteiger partial charge in [-0.05, 0) is 68.0 Å². The summed E-state index contributed by atoms with van der Waals surface area (Å²) in [4.78, 5) is 28.0. The van der Waals surface area contributed by atoms with Crippen molar-refractivity contribution < 1.29 is 14.3 Å². The first-order chi connectivity index (χ1) is 16.5. The molecule has 4 rings (SSSR count). The SMILES string of the molecule is CC1CCN(c2ccc(NC(=O)Nc3cccc(C#N)c3)cc2C(=O)NCC2CCCO2)CC1. The minimum atomic E-state index is -0.444. The van der Waals surface area contributed by atoms with Crippen LogP contribution in [0.2, 0.25) is 0 Å². The number of piperidine rings is 1. The summed E-state index contributed by atoms with van der Waals surface area (Å²) in [7, 11) is 0. The zero-order chi connectivity index (χ0) is 23.9. The lowest BCUT2D eigenvalue weighted by Crippen LogP contribution is -2.36. The van der Waals surface area contributed by atoms with Gasteiger partial charge in [0.2, 0.25) is 0 Å². The van der Waals surface area contributed by atoms with Crippen molar-refractivity contribution in [2.75, 3.05) is 41.8 Å². The zero-order valence-electron chi connectivity index (χ0n) is 19.5. The molecule has 3 N–H and O–H groups in total. The third-order valence-electron chi connectivity index (χ3n) is 6.39. The molecule has 8 nitrogen and oxygen atoms in total. The second-order valence-corrected chi connectivity index (χ2v) is 9.02. The molecule has 0 aromatic heterocycles. The van der Waals surface area contributed by atoms with Gasteiger partial charge in [-0.2, -0.15) is 5.26 Å². The molecule has 2 aromatic carbocycles. The average molecular weight is 462 g/mol. The van der Waals surface area contributed by atoms with Gasteiger partial charge in [-0.3, -0.25) is 4.79 Å². The van der Waals surface area contributed by atoms with Gasteiger partial charge in [-0.15, -0.1) is 0 Å². The van der Waals surface area contributed by atoms with E-state index in [9.17, 15) is 9.59 Å². The summed E-state index contributed by atoms with van der Waals surface area (Å²) < 4.78 is 5.64. The van der Waals surface area contributed by atoms with Crippen LogP contribution >= 0.6 is 0 Å². The molecular formula is C26H31N5O3. The van der Waals surface area contributed by atoms with Gasteiger partial charge in [-0.25, -0.2) is 4.79 Å². The van der Waals surface area contributed by atoms with Gasteiger partial charge in [0.25, 0.3) is 5.91 Å². The van der Waals surface area contributed by atoms with Crippen LogP contribution in [-0.4, -0.2) is 44.3 Å². The summed E-state index contributed by atoms with van der Waals surface area (Å²) in [5.41, 5.74) is 2.92. The first-order valence-corrected chi connectivity index (χ1v) is 11.9. The summed E-state index contributed by atoms with van der Waals surface area (Å²) in [5, 5.41) is 17.6. The first kappa shape index (κ1) is 23.6. The highest BCUT2D eigenvalue weighted by molar-refractivity contribution is 6.04. The zero-order valence-corrected chi connectivity index (χ0v) is 19.5. The topological polar surface area (TPSA) is 106 Å². The Morgan fingerprint density at radius 1 is 1.09 bits per heavy atom. The molecule has 2 aromatic rings. The number of carbonyl (C=O) groups excluding carboxylic acids is 2. The maximum atomic E-state index is 13.2. The van der Waals surface area contributed by atoms with Crippen molar-refractivity contribution in [1.82, 2.24) is 5.32 Å². The molecule has 3 amide bonds. The maximum Gasteiger partial charge on any atom is 0.323 e. The summed E-state index contributed by atoms with van der Waals surface area (Å²) in [6, 6.07) is 13.7. The fraction of sp³-hybridized carbons (Fsp3) is 0.423. The Morgan fingerprint density at radius 2 is 1.85 bits per heavy atom. The first-order valence-electron chi connectivity index (χ1n) is 11.9.